The Hall–Kier alpha value is -0.620. The fraction of sp³-hybridized carbons (Fsp3) is 0.429. The molecule has 2 aromatic rings. The van der Waals surface area contributed by atoms with Crippen LogP contribution in [0.5, 0.6) is 0 Å². The standard InChI is InChI=1S/C14H16ClN3S2/c1-19-13-18-17-12(20-13)9-16-14(7-2-8-14)10-3-5-11(15)6-4-10/h3-6,16H,2,7-9H2,1H3. The van der Waals surface area contributed by atoms with E-state index in [0.717, 1.165) is 20.9 Å². The van der Waals surface area contributed by atoms with Gasteiger partial charge in [-0.1, -0.05) is 46.8 Å². The molecule has 1 aromatic heterocycles. The predicted molar refractivity (Wildman–Crippen MR) is 85.5 cm³/mol. The van der Waals surface area contributed by atoms with E-state index in [0.29, 0.717) is 0 Å². The maximum absolute atomic E-state index is 5.98. The minimum Gasteiger partial charge on any atom is -0.301 e. The fourth-order valence-corrected chi connectivity index (χ4v) is 3.88. The smallest absolute Gasteiger partial charge is 0.174 e. The van der Waals surface area contributed by atoms with E-state index in [2.05, 4.69) is 27.6 Å². The number of hydrogen-bond donors (Lipinski definition) is 1. The molecule has 1 heterocycles. The molecule has 1 aliphatic rings. The Morgan fingerprint density at radius 2 is 2.05 bits per heavy atom. The molecule has 1 aliphatic carbocycles. The minimum atomic E-state index is 0.0930. The minimum absolute atomic E-state index is 0.0930. The first-order chi connectivity index (χ1) is 9.72. The van der Waals surface area contributed by atoms with Gasteiger partial charge in [-0.2, -0.15) is 0 Å². The third-order valence-corrected chi connectivity index (χ3v) is 5.96. The van der Waals surface area contributed by atoms with Crippen molar-refractivity contribution in [3.8, 4) is 0 Å². The van der Waals surface area contributed by atoms with Crippen LogP contribution in [0.25, 0.3) is 0 Å². The Morgan fingerprint density at radius 3 is 2.60 bits per heavy atom. The SMILES string of the molecule is CSc1nnc(CNC2(c3ccc(Cl)cc3)CCC2)s1. The van der Waals surface area contributed by atoms with Gasteiger partial charge in [0.15, 0.2) is 4.34 Å². The molecule has 1 saturated carbocycles. The normalized spacial score (nSPS) is 16.9. The van der Waals surface area contributed by atoms with Gasteiger partial charge in [0.2, 0.25) is 0 Å². The molecule has 3 nitrogen and oxygen atoms in total. The first-order valence-corrected chi connectivity index (χ1v) is 9.01. The molecule has 0 atom stereocenters. The number of rotatable bonds is 5. The van der Waals surface area contributed by atoms with Crippen LogP contribution < -0.4 is 5.32 Å². The molecule has 106 valence electrons. The molecule has 1 fully saturated rings. The zero-order chi connectivity index (χ0) is 14.0. The van der Waals surface area contributed by atoms with Crippen molar-refractivity contribution in [2.45, 2.75) is 35.7 Å². The molecule has 20 heavy (non-hydrogen) atoms. The fourth-order valence-electron chi connectivity index (χ4n) is 2.50. The van der Waals surface area contributed by atoms with Crippen molar-refractivity contribution in [2.24, 2.45) is 0 Å². The number of nitrogens with one attached hydrogen (secondary N) is 1. The van der Waals surface area contributed by atoms with Gasteiger partial charge in [-0.3, -0.25) is 0 Å². The van der Waals surface area contributed by atoms with Crippen LogP contribution in [0, 0.1) is 0 Å². The Morgan fingerprint density at radius 1 is 1.30 bits per heavy atom. The number of thioether (sulfide) groups is 1. The summed E-state index contributed by atoms with van der Waals surface area (Å²) in [4.78, 5) is 0. The summed E-state index contributed by atoms with van der Waals surface area (Å²) in [6, 6.07) is 8.19. The van der Waals surface area contributed by atoms with Crippen LogP contribution in [0.3, 0.4) is 0 Å². The first kappa shape index (κ1) is 14.3. The monoisotopic (exact) mass is 325 g/mol. The summed E-state index contributed by atoms with van der Waals surface area (Å²) in [5.41, 5.74) is 1.42. The van der Waals surface area contributed by atoms with Gasteiger partial charge in [-0.05, 0) is 43.2 Å². The number of aromatic nitrogens is 2. The predicted octanol–water partition coefficient (Wildman–Crippen LogP) is 4.08. The second kappa shape index (κ2) is 6.02. The average Bonchev–Trinajstić information content (AvgIpc) is 2.87. The molecule has 3 rings (SSSR count). The highest BCUT2D eigenvalue weighted by Crippen LogP contribution is 2.41. The van der Waals surface area contributed by atoms with Crippen molar-refractivity contribution in [2.75, 3.05) is 6.26 Å². The number of hydrogen-bond acceptors (Lipinski definition) is 5. The molecule has 0 radical (unpaired) electrons. The van der Waals surface area contributed by atoms with Crippen molar-refractivity contribution in [1.82, 2.24) is 15.5 Å². The van der Waals surface area contributed by atoms with Crippen molar-refractivity contribution < 1.29 is 0 Å². The Bertz CT molecular complexity index is 578. The van der Waals surface area contributed by atoms with Gasteiger partial charge >= 0.3 is 0 Å². The zero-order valence-electron chi connectivity index (χ0n) is 11.2. The topological polar surface area (TPSA) is 37.8 Å². The summed E-state index contributed by atoms with van der Waals surface area (Å²) >= 11 is 9.28. The summed E-state index contributed by atoms with van der Waals surface area (Å²) in [6.07, 6.45) is 5.63. The van der Waals surface area contributed by atoms with Crippen LogP contribution >= 0.6 is 34.7 Å². The molecule has 0 aliphatic heterocycles. The number of nitrogens with zero attached hydrogens (tertiary/aromatic N) is 2. The Labute approximate surface area is 132 Å². The van der Waals surface area contributed by atoms with Gasteiger partial charge in [0.1, 0.15) is 5.01 Å². The number of halogens is 1. The highest BCUT2D eigenvalue weighted by atomic mass is 35.5. The van der Waals surface area contributed by atoms with E-state index in [1.165, 1.54) is 24.8 Å². The van der Waals surface area contributed by atoms with Gasteiger partial charge in [0, 0.05) is 10.6 Å². The van der Waals surface area contributed by atoms with Gasteiger partial charge in [-0.15, -0.1) is 10.2 Å². The van der Waals surface area contributed by atoms with E-state index in [9.17, 15) is 0 Å². The lowest BCUT2D eigenvalue weighted by atomic mass is 9.72. The van der Waals surface area contributed by atoms with Gasteiger partial charge in [-0.25, -0.2) is 0 Å². The van der Waals surface area contributed by atoms with Crippen molar-refractivity contribution >= 4 is 34.7 Å². The van der Waals surface area contributed by atoms with Crippen molar-refractivity contribution in [1.29, 1.82) is 0 Å². The molecular formula is C14H16ClN3S2. The lowest BCUT2D eigenvalue weighted by molar-refractivity contribution is 0.183. The third kappa shape index (κ3) is 2.86. The van der Waals surface area contributed by atoms with E-state index in [-0.39, 0.29) is 5.54 Å². The maximum Gasteiger partial charge on any atom is 0.174 e. The Balaban J connectivity index is 1.71. The molecule has 0 saturated heterocycles. The molecule has 0 spiro atoms. The first-order valence-electron chi connectivity index (χ1n) is 6.59. The molecule has 0 bridgehead atoms. The number of benzene rings is 1. The maximum atomic E-state index is 5.98. The van der Waals surface area contributed by atoms with Gasteiger partial charge < -0.3 is 5.32 Å². The molecule has 0 amide bonds. The second-order valence-corrected chi connectivity index (χ2v) is 7.51. The second-order valence-electron chi connectivity index (χ2n) is 4.96. The lowest BCUT2D eigenvalue weighted by Gasteiger charge is -2.43. The van der Waals surface area contributed by atoms with Crippen LogP contribution in [0.1, 0.15) is 29.8 Å². The lowest BCUT2D eigenvalue weighted by Crippen LogP contribution is -2.47. The molecule has 1 N–H and O–H groups in total. The van der Waals surface area contributed by atoms with Crippen LogP contribution in [-0.4, -0.2) is 16.5 Å². The van der Waals surface area contributed by atoms with Gasteiger partial charge in [0.25, 0.3) is 0 Å². The van der Waals surface area contributed by atoms with Gasteiger partial charge in [0.05, 0.1) is 6.54 Å². The van der Waals surface area contributed by atoms with Crippen molar-refractivity contribution in [3.05, 3.63) is 39.9 Å². The summed E-state index contributed by atoms with van der Waals surface area (Å²) in [5.74, 6) is 0. The van der Waals surface area contributed by atoms with Crippen LogP contribution in [-0.2, 0) is 12.1 Å². The third-order valence-electron chi connectivity index (χ3n) is 3.80. The van der Waals surface area contributed by atoms with E-state index in [1.807, 2.05) is 18.4 Å². The molecule has 0 unspecified atom stereocenters. The zero-order valence-corrected chi connectivity index (χ0v) is 13.6. The van der Waals surface area contributed by atoms with E-state index in [1.54, 1.807) is 23.1 Å². The van der Waals surface area contributed by atoms with Crippen LogP contribution in [0.2, 0.25) is 5.02 Å². The molecule has 6 heteroatoms. The Kier molecular flexibility index (Phi) is 4.31. The molecular weight excluding hydrogens is 310 g/mol. The summed E-state index contributed by atoms with van der Waals surface area (Å²) in [5, 5.41) is 13.9. The molecule has 1 aromatic carbocycles. The van der Waals surface area contributed by atoms with E-state index >= 15 is 0 Å². The summed E-state index contributed by atoms with van der Waals surface area (Å²) in [6.45, 7) is 0.779. The van der Waals surface area contributed by atoms with Crippen LogP contribution in [0.15, 0.2) is 28.6 Å². The van der Waals surface area contributed by atoms with E-state index < -0.39 is 0 Å². The summed E-state index contributed by atoms with van der Waals surface area (Å²) < 4.78 is 1.02. The summed E-state index contributed by atoms with van der Waals surface area (Å²) in [7, 11) is 0. The largest absolute Gasteiger partial charge is 0.301 e. The van der Waals surface area contributed by atoms with Crippen LogP contribution in [0.4, 0.5) is 0 Å². The quantitative estimate of drug-likeness (QED) is 0.840. The highest BCUT2D eigenvalue weighted by molar-refractivity contribution is 8.00. The highest BCUT2D eigenvalue weighted by Gasteiger charge is 2.38. The van der Waals surface area contributed by atoms with Crippen molar-refractivity contribution in [3.63, 3.8) is 0 Å². The van der Waals surface area contributed by atoms with E-state index in [4.69, 9.17) is 11.6 Å². The average molecular weight is 326 g/mol.